The highest BCUT2D eigenvalue weighted by atomic mass is 35.5. The van der Waals surface area contributed by atoms with Crippen molar-refractivity contribution in [3.05, 3.63) is 29.0 Å². The van der Waals surface area contributed by atoms with Crippen LogP contribution in [0.15, 0.2) is 18.2 Å². The molecule has 0 unspecified atom stereocenters. The highest BCUT2D eigenvalue weighted by Crippen LogP contribution is 2.14. The van der Waals surface area contributed by atoms with Gasteiger partial charge in [-0.2, -0.15) is 0 Å². The van der Waals surface area contributed by atoms with Crippen LogP contribution in [-0.2, 0) is 11.3 Å². The maximum absolute atomic E-state index is 11.5. The summed E-state index contributed by atoms with van der Waals surface area (Å²) in [4.78, 5) is 17.6. The van der Waals surface area contributed by atoms with Crippen molar-refractivity contribution in [1.29, 1.82) is 0 Å². The van der Waals surface area contributed by atoms with Crippen LogP contribution in [0.1, 0.15) is 25.0 Å². The summed E-state index contributed by atoms with van der Waals surface area (Å²) in [7, 11) is 0. The number of hydrogen-bond acceptors (Lipinski definition) is 2. The van der Waals surface area contributed by atoms with Crippen molar-refractivity contribution in [1.82, 2.24) is 9.88 Å². The summed E-state index contributed by atoms with van der Waals surface area (Å²) >= 11 is 5.78. The van der Waals surface area contributed by atoms with Crippen molar-refractivity contribution in [2.75, 3.05) is 6.54 Å². The molecule has 1 aromatic rings. The van der Waals surface area contributed by atoms with E-state index in [0.717, 1.165) is 25.1 Å². The maximum Gasteiger partial charge on any atom is 0.222 e. The van der Waals surface area contributed by atoms with Crippen LogP contribution in [0.3, 0.4) is 0 Å². The molecular formula is C11H13ClN2O. The number of likely N-dealkylation sites (tertiary alicyclic amines) is 1. The Bertz CT molecular complexity index is 367. The van der Waals surface area contributed by atoms with Gasteiger partial charge in [0.25, 0.3) is 0 Å². The van der Waals surface area contributed by atoms with Crippen LogP contribution in [0.4, 0.5) is 0 Å². The van der Waals surface area contributed by atoms with E-state index in [1.54, 1.807) is 6.07 Å². The SMILES string of the molecule is O=C1CCCCN1Cc1cccc(Cl)n1. The number of rotatable bonds is 2. The zero-order valence-electron chi connectivity index (χ0n) is 8.45. The first-order chi connectivity index (χ1) is 7.25. The summed E-state index contributed by atoms with van der Waals surface area (Å²) < 4.78 is 0. The average molecular weight is 225 g/mol. The quantitative estimate of drug-likeness (QED) is 0.722. The lowest BCUT2D eigenvalue weighted by atomic mass is 10.1. The van der Waals surface area contributed by atoms with Crippen molar-refractivity contribution in [3.63, 3.8) is 0 Å². The molecule has 0 radical (unpaired) electrons. The molecule has 0 atom stereocenters. The molecule has 80 valence electrons. The molecule has 2 rings (SSSR count). The second kappa shape index (κ2) is 4.62. The average Bonchev–Trinajstić information content (AvgIpc) is 2.22. The van der Waals surface area contributed by atoms with Crippen LogP contribution < -0.4 is 0 Å². The molecule has 1 aliphatic heterocycles. The first kappa shape index (κ1) is 10.4. The molecule has 1 aromatic heterocycles. The van der Waals surface area contributed by atoms with Crippen molar-refractivity contribution >= 4 is 17.5 Å². The van der Waals surface area contributed by atoms with Gasteiger partial charge < -0.3 is 4.90 Å². The molecule has 0 saturated carbocycles. The summed E-state index contributed by atoms with van der Waals surface area (Å²) in [6.45, 7) is 1.42. The summed E-state index contributed by atoms with van der Waals surface area (Å²) in [5, 5.41) is 0.483. The van der Waals surface area contributed by atoms with Gasteiger partial charge in [0.15, 0.2) is 0 Å². The number of piperidine rings is 1. The van der Waals surface area contributed by atoms with Gasteiger partial charge in [0.1, 0.15) is 5.15 Å². The number of carbonyl (C=O) groups is 1. The van der Waals surface area contributed by atoms with E-state index >= 15 is 0 Å². The van der Waals surface area contributed by atoms with Gasteiger partial charge in [-0.15, -0.1) is 0 Å². The van der Waals surface area contributed by atoms with Crippen LogP contribution in [-0.4, -0.2) is 22.3 Å². The fraction of sp³-hybridized carbons (Fsp3) is 0.455. The predicted octanol–water partition coefficient (Wildman–Crippen LogP) is 2.25. The third-order valence-electron chi connectivity index (χ3n) is 2.55. The van der Waals surface area contributed by atoms with Crippen molar-refractivity contribution < 1.29 is 4.79 Å². The molecule has 1 aliphatic rings. The van der Waals surface area contributed by atoms with E-state index in [2.05, 4.69) is 4.98 Å². The van der Waals surface area contributed by atoms with Crippen LogP contribution in [0, 0.1) is 0 Å². The van der Waals surface area contributed by atoms with Crippen LogP contribution >= 0.6 is 11.6 Å². The number of pyridine rings is 1. The Morgan fingerprint density at radius 3 is 3.00 bits per heavy atom. The molecule has 2 heterocycles. The lowest BCUT2D eigenvalue weighted by Gasteiger charge is -2.26. The summed E-state index contributed by atoms with van der Waals surface area (Å²) in [6, 6.07) is 5.50. The van der Waals surface area contributed by atoms with E-state index in [-0.39, 0.29) is 5.91 Å². The van der Waals surface area contributed by atoms with E-state index in [9.17, 15) is 4.79 Å². The molecule has 1 amide bonds. The van der Waals surface area contributed by atoms with E-state index in [1.165, 1.54) is 0 Å². The van der Waals surface area contributed by atoms with E-state index in [4.69, 9.17) is 11.6 Å². The minimum atomic E-state index is 0.225. The van der Waals surface area contributed by atoms with Gasteiger partial charge in [-0.05, 0) is 25.0 Å². The van der Waals surface area contributed by atoms with Gasteiger partial charge in [-0.1, -0.05) is 17.7 Å². The van der Waals surface area contributed by atoms with Gasteiger partial charge in [-0.25, -0.2) is 4.98 Å². The molecule has 1 saturated heterocycles. The maximum atomic E-state index is 11.5. The lowest BCUT2D eigenvalue weighted by molar-refractivity contribution is -0.133. The van der Waals surface area contributed by atoms with Gasteiger partial charge in [0, 0.05) is 13.0 Å². The Labute approximate surface area is 94.1 Å². The highest BCUT2D eigenvalue weighted by molar-refractivity contribution is 6.29. The molecule has 0 N–H and O–H groups in total. The lowest BCUT2D eigenvalue weighted by Crippen LogP contribution is -2.34. The van der Waals surface area contributed by atoms with E-state index in [1.807, 2.05) is 17.0 Å². The molecule has 0 bridgehead atoms. The van der Waals surface area contributed by atoms with Crippen LogP contribution in [0.2, 0.25) is 5.15 Å². The second-order valence-electron chi connectivity index (χ2n) is 3.72. The first-order valence-corrected chi connectivity index (χ1v) is 5.53. The number of aromatic nitrogens is 1. The van der Waals surface area contributed by atoms with Crippen LogP contribution in [0.5, 0.6) is 0 Å². The largest absolute Gasteiger partial charge is 0.337 e. The second-order valence-corrected chi connectivity index (χ2v) is 4.11. The zero-order valence-corrected chi connectivity index (χ0v) is 9.20. The topological polar surface area (TPSA) is 33.2 Å². The molecule has 0 aliphatic carbocycles. The summed E-state index contributed by atoms with van der Waals surface area (Å²) in [5.74, 6) is 0.225. The Kier molecular flexibility index (Phi) is 3.21. The van der Waals surface area contributed by atoms with Crippen molar-refractivity contribution in [2.45, 2.75) is 25.8 Å². The third kappa shape index (κ3) is 2.69. The molecule has 0 aromatic carbocycles. The summed E-state index contributed by atoms with van der Waals surface area (Å²) in [5.41, 5.74) is 0.859. The fourth-order valence-electron chi connectivity index (χ4n) is 1.76. The Balaban J connectivity index is 2.04. The number of carbonyl (C=O) groups excluding carboxylic acids is 1. The van der Waals surface area contributed by atoms with E-state index < -0.39 is 0 Å². The third-order valence-corrected chi connectivity index (χ3v) is 2.76. The minimum Gasteiger partial charge on any atom is -0.337 e. The monoisotopic (exact) mass is 224 g/mol. The summed E-state index contributed by atoms with van der Waals surface area (Å²) in [6.07, 6.45) is 2.77. The number of nitrogens with zero attached hydrogens (tertiary/aromatic N) is 2. The molecule has 3 nitrogen and oxygen atoms in total. The first-order valence-electron chi connectivity index (χ1n) is 5.15. The Morgan fingerprint density at radius 2 is 2.27 bits per heavy atom. The predicted molar refractivity (Wildman–Crippen MR) is 58.5 cm³/mol. The zero-order chi connectivity index (χ0) is 10.7. The van der Waals surface area contributed by atoms with Gasteiger partial charge in [0.05, 0.1) is 12.2 Å². The smallest absolute Gasteiger partial charge is 0.222 e. The normalized spacial score (nSPS) is 16.9. The fourth-order valence-corrected chi connectivity index (χ4v) is 1.94. The van der Waals surface area contributed by atoms with Gasteiger partial charge >= 0.3 is 0 Å². The number of halogens is 1. The number of hydrogen-bond donors (Lipinski definition) is 0. The van der Waals surface area contributed by atoms with Gasteiger partial charge in [-0.3, -0.25) is 4.79 Å². The van der Waals surface area contributed by atoms with E-state index in [0.29, 0.717) is 18.1 Å². The molecule has 1 fully saturated rings. The molecule has 15 heavy (non-hydrogen) atoms. The molecule has 4 heteroatoms. The van der Waals surface area contributed by atoms with Gasteiger partial charge in [0.2, 0.25) is 5.91 Å². The highest BCUT2D eigenvalue weighted by Gasteiger charge is 2.18. The standard InChI is InChI=1S/C11H13ClN2O/c12-10-5-3-4-9(13-10)8-14-7-2-1-6-11(14)15/h3-5H,1-2,6-8H2. The minimum absolute atomic E-state index is 0.225. The van der Waals surface area contributed by atoms with Crippen molar-refractivity contribution in [2.24, 2.45) is 0 Å². The van der Waals surface area contributed by atoms with Crippen LogP contribution in [0.25, 0.3) is 0 Å². The number of amides is 1. The molecular weight excluding hydrogens is 212 g/mol. The molecule has 0 spiro atoms. The van der Waals surface area contributed by atoms with Crippen molar-refractivity contribution in [3.8, 4) is 0 Å². The Morgan fingerprint density at radius 1 is 1.40 bits per heavy atom. The Hall–Kier alpha value is -1.09.